The maximum atomic E-state index is 4.40. The second kappa shape index (κ2) is 2.36. The lowest BCUT2D eigenvalue weighted by atomic mass is 10.4. The first-order valence-corrected chi connectivity index (χ1v) is 5.79. The average molecular weight is 170 g/mol. The summed E-state index contributed by atoms with van der Waals surface area (Å²) in [5.74, 6) is 0. The zero-order chi connectivity index (χ0) is 6.97. The molecule has 0 amide bonds. The minimum Gasteiger partial charge on any atom is -0.263 e. The van der Waals surface area contributed by atoms with Gasteiger partial charge in [-0.1, -0.05) is 0 Å². The Bertz CT molecular complexity index is 296. The standard InChI is InChI=1S/C6H6N2S2/c1-10-8-5-2-3-7-4-6(5)9-10/h2-4H,1H3. The maximum absolute atomic E-state index is 4.40. The Hall–Kier alpha value is -0.350. The lowest BCUT2D eigenvalue weighted by Gasteiger charge is -1.89. The van der Waals surface area contributed by atoms with E-state index >= 15 is 0 Å². The minimum atomic E-state index is 0.132. The number of hydrogen-bond donors (Lipinski definition) is 0. The van der Waals surface area contributed by atoms with E-state index in [1.807, 2.05) is 12.3 Å². The molecule has 1 aliphatic heterocycles. The van der Waals surface area contributed by atoms with Crippen LogP contribution in [0.15, 0.2) is 27.7 Å². The van der Waals surface area contributed by atoms with Crippen LogP contribution in [0.5, 0.6) is 0 Å². The van der Waals surface area contributed by atoms with Gasteiger partial charge in [-0.15, -0.1) is 0 Å². The van der Waals surface area contributed by atoms with Crippen LogP contribution in [0.3, 0.4) is 0 Å². The third-order valence-corrected chi connectivity index (χ3v) is 3.87. The van der Waals surface area contributed by atoms with Crippen molar-refractivity contribution in [1.29, 1.82) is 0 Å². The summed E-state index contributed by atoms with van der Waals surface area (Å²) >= 11 is 0. The molecule has 1 aromatic heterocycles. The van der Waals surface area contributed by atoms with Crippen LogP contribution >= 0.6 is 10.8 Å². The zero-order valence-corrected chi connectivity index (χ0v) is 7.08. The lowest BCUT2D eigenvalue weighted by Crippen LogP contribution is -1.69. The Morgan fingerprint density at radius 2 is 2.50 bits per heavy atom. The molecule has 2 rings (SSSR count). The van der Waals surface area contributed by atoms with E-state index in [-0.39, 0.29) is 9.72 Å². The number of hydrogen-bond acceptors (Lipinski definition) is 3. The van der Waals surface area contributed by atoms with E-state index in [1.165, 1.54) is 4.90 Å². The smallest absolute Gasteiger partial charge is 0.0888 e. The van der Waals surface area contributed by atoms with E-state index in [0.29, 0.717) is 0 Å². The fraction of sp³-hybridized carbons (Fsp3) is 0.167. The van der Waals surface area contributed by atoms with Crippen molar-refractivity contribution in [2.45, 2.75) is 4.90 Å². The van der Waals surface area contributed by atoms with Gasteiger partial charge in [-0.25, -0.2) is 4.36 Å². The monoisotopic (exact) mass is 170 g/mol. The first-order valence-electron chi connectivity index (χ1n) is 2.86. The summed E-state index contributed by atoms with van der Waals surface area (Å²) in [6.45, 7) is 0. The molecule has 52 valence electrons. The molecule has 1 aromatic rings. The predicted octanol–water partition coefficient (Wildman–Crippen LogP) is 2.17. The summed E-state index contributed by atoms with van der Waals surface area (Å²) in [6.07, 6.45) is 5.77. The Morgan fingerprint density at radius 3 is 3.30 bits per heavy atom. The van der Waals surface area contributed by atoms with Crippen LogP contribution in [0.25, 0.3) is 0 Å². The van der Waals surface area contributed by atoms with Gasteiger partial charge in [0.1, 0.15) is 0 Å². The van der Waals surface area contributed by atoms with Gasteiger partial charge in [0.15, 0.2) is 0 Å². The van der Waals surface area contributed by atoms with E-state index in [9.17, 15) is 0 Å². The second-order valence-electron chi connectivity index (χ2n) is 1.94. The maximum Gasteiger partial charge on any atom is 0.0888 e. The first-order chi connectivity index (χ1) is 4.86. The Morgan fingerprint density at radius 1 is 1.60 bits per heavy atom. The third-order valence-electron chi connectivity index (χ3n) is 1.20. The lowest BCUT2D eigenvalue weighted by molar-refractivity contribution is 1.23. The van der Waals surface area contributed by atoms with Gasteiger partial charge < -0.3 is 0 Å². The molecule has 0 spiro atoms. The van der Waals surface area contributed by atoms with Gasteiger partial charge in [0, 0.05) is 18.6 Å². The molecule has 1 unspecified atom stereocenters. The molecule has 0 saturated heterocycles. The second-order valence-corrected chi connectivity index (χ2v) is 5.53. The van der Waals surface area contributed by atoms with Crippen LogP contribution in [0.1, 0.15) is 0 Å². The summed E-state index contributed by atoms with van der Waals surface area (Å²) in [5, 5.41) is 0. The van der Waals surface area contributed by atoms with Crippen molar-refractivity contribution in [2.75, 3.05) is 6.26 Å². The number of nitrogens with zero attached hydrogens (tertiary/aromatic N) is 2. The van der Waals surface area contributed by atoms with Crippen molar-refractivity contribution < 1.29 is 0 Å². The Labute approximate surface area is 65.6 Å². The first kappa shape index (κ1) is 6.37. The molecule has 0 aromatic carbocycles. The molecule has 2 heterocycles. The van der Waals surface area contributed by atoms with E-state index < -0.39 is 0 Å². The van der Waals surface area contributed by atoms with Crippen LogP contribution in [0, 0.1) is 0 Å². The molecule has 1 aliphatic rings. The van der Waals surface area contributed by atoms with E-state index in [1.54, 1.807) is 17.0 Å². The van der Waals surface area contributed by atoms with Gasteiger partial charge in [-0.2, -0.15) is 0 Å². The molecule has 10 heavy (non-hydrogen) atoms. The molecule has 0 fully saturated rings. The highest BCUT2D eigenvalue weighted by atomic mass is 33.1. The third kappa shape index (κ3) is 0.973. The van der Waals surface area contributed by atoms with E-state index in [2.05, 4.69) is 15.6 Å². The highest BCUT2D eigenvalue weighted by Gasteiger charge is 2.09. The van der Waals surface area contributed by atoms with Gasteiger partial charge >= 0.3 is 0 Å². The van der Waals surface area contributed by atoms with Gasteiger partial charge in [0.2, 0.25) is 0 Å². The zero-order valence-electron chi connectivity index (χ0n) is 5.44. The van der Waals surface area contributed by atoms with Crippen LogP contribution in [-0.2, 0) is 9.72 Å². The number of pyridine rings is 1. The highest BCUT2D eigenvalue weighted by Crippen LogP contribution is 2.38. The Balaban J connectivity index is 2.54. The molecule has 0 bridgehead atoms. The van der Waals surface area contributed by atoms with Crippen molar-refractivity contribution in [2.24, 2.45) is 4.36 Å². The van der Waals surface area contributed by atoms with Crippen molar-refractivity contribution in [3.63, 3.8) is 0 Å². The average Bonchev–Trinajstić information content (AvgIpc) is 2.27. The topological polar surface area (TPSA) is 25.2 Å². The van der Waals surface area contributed by atoms with Crippen LogP contribution < -0.4 is 0 Å². The Kier molecular flexibility index (Phi) is 1.50. The van der Waals surface area contributed by atoms with Crippen molar-refractivity contribution in [3.8, 4) is 0 Å². The summed E-state index contributed by atoms with van der Waals surface area (Å²) in [6, 6.07) is 1.96. The van der Waals surface area contributed by atoms with Gasteiger partial charge in [-0.05, 0) is 26.6 Å². The number of rotatable bonds is 0. The quantitative estimate of drug-likeness (QED) is 0.557. The number of fused-ring (bicyclic) bond motifs is 1. The summed E-state index contributed by atoms with van der Waals surface area (Å²) in [5.41, 5.74) is 1.10. The van der Waals surface area contributed by atoms with E-state index in [4.69, 9.17) is 0 Å². The SMILES string of the molecule is CS1=Nc2ccncc2S1. The summed E-state index contributed by atoms with van der Waals surface area (Å²) in [4.78, 5) is 5.23. The predicted molar refractivity (Wildman–Crippen MR) is 45.5 cm³/mol. The normalized spacial score (nSPS) is 21.9. The van der Waals surface area contributed by atoms with E-state index in [0.717, 1.165) is 5.69 Å². The summed E-state index contributed by atoms with van der Waals surface area (Å²) < 4.78 is 4.40. The van der Waals surface area contributed by atoms with Crippen molar-refractivity contribution in [1.82, 2.24) is 4.98 Å². The van der Waals surface area contributed by atoms with Gasteiger partial charge in [0.25, 0.3) is 0 Å². The molecular formula is C6H6N2S2. The molecule has 0 saturated carbocycles. The minimum absolute atomic E-state index is 0.132. The van der Waals surface area contributed by atoms with Crippen LogP contribution in [-0.4, -0.2) is 11.2 Å². The van der Waals surface area contributed by atoms with Crippen molar-refractivity contribution in [3.05, 3.63) is 18.5 Å². The number of aromatic nitrogens is 1. The fourth-order valence-electron chi connectivity index (χ4n) is 0.799. The molecule has 0 aliphatic carbocycles. The van der Waals surface area contributed by atoms with Crippen molar-refractivity contribution >= 4 is 26.2 Å². The van der Waals surface area contributed by atoms with Gasteiger partial charge in [-0.3, -0.25) is 4.98 Å². The van der Waals surface area contributed by atoms with Crippen LogP contribution in [0.4, 0.5) is 5.69 Å². The highest BCUT2D eigenvalue weighted by molar-refractivity contribution is 8.70. The van der Waals surface area contributed by atoms with Crippen LogP contribution in [0.2, 0.25) is 0 Å². The van der Waals surface area contributed by atoms with Gasteiger partial charge in [0.05, 0.1) is 10.6 Å². The molecule has 4 heteroatoms. The largest absolute Gasteiger partial charge is 0.263 e. The molecule has 1 atom stereocenters. The summed E-state index contributed by atoms with van der Waals surface area (Å²) in [7, 11) is 1.92. The fourth-order valence-corrected chi connectivity index (χ4v) is 3.41. The molecule has 2 nitrogen and oxygen atoms in total. The molecule has 0 N–H and O–H groups in total. The molecular weight excluding hydrogens is 164 g/mol. The molecule has 0 radical (unpaired) electrons.